The molecule has 1 aliphatic carbocycles. The smallest absolute Gasteiger partial charge is 0.388 e. The van der Waals surface area contributed by atoms with Crippen molar-refractivity contribution in [2.75, 3.05) is 0 Å². The Morgan fingerprint density at radius 3 is 2.18 bits per heavy atom. The Morgan fingerprint density at radius 2 is 1.71 bits per heavy atom. The SMILES string of the molecule is OC(c1ccc(C(F)(F)F)c(F)c1F)C1CC1. The molecule has 0 aliphatic heterocycles. The summed E-state index contributed by atoms with van der Waals surface area (Å²) in [6.07, 6.45) is -4.83. The van der Waals surface area contributed by atoms with Gasteiger partial charge in [0.2, 0.25) is 0 Å². The minimum absolute atomic E-state index is 0.180. The summed E-state index contributed by atoms with van der Waals surface area (Å²) in [6.45, 7) is 0. The maximum absolute atomic E-state index is 13.4. The zero-order valence-corrected chi connectivity index (χ0v) is 8.56. The monoisotopic (exact) mass is 252 g/mol. The molecule has 0 amide bonds. The Labute approximate surface area is 93.9 Å². The van der Waals surface area contributed by atoms with Gasteiger partial charge in [0, 0.05) is 5.56 Å². The van der Waals surface area contributed by atoms with Crippen LogP contribution in [0.4, 0.5) is 22.0 Å². The molecule has 2 rings (SSSR count). The number of halogens is 5. The lowest BCUT2D eigenvalue weighted by molar-refractivity contribution is -0.140. The topological polar surface area (TPSA) is 20.2 Å². The van der Waals surface area contributed by atoms with Crippen LogP contribution >= 0.6 is 0 Å². The normalized spacial score (nSPS) is 18.2. The van der Waals surface area contributed by atoms with Gasteiger partial charge in [-0.25, -0.2) is 8.78 Å². The van der Waals surface area contributed by atoms with E-state index in [2.05, 4.69) is 0 Å². The highest BCUT2D eigenvalue weighted by atomic mass is 19.4. The second kappa shape index (κ2) is 3.94. The first-order valence-corrected chi connectivity index (χ1v) is 5.05. The van der Waals surface area contributed by atoms with Gasteiger partial charge in [-0.2, -0.15) is 13.2 Å². The molecule has 1 aliphatic rings. The van der Waals surface area contributed by atoms with Gasteiger partial charge >= 0.3 is 6.18 Å². The van der Waals surface area contributed by atoms with Crippen molar-refractivity contribution >= 4 is 0 Å². The zero-order chi connectivity index (χ0) is 12.8. The van der Waals surface area contributed by atoms with E-state index in [1.807, 2.05) is 0 Å². The molecule has 0 saturated heterocycles. The molecule has 6 heteroatoms. The maximum Gasteiger partial charge on any atom is 0.419 e. The minimum Gasteiger partial charge on any atom is -0.388 e. The number of rotatable bonds is 2. The van der Waals surface area contributed by atoms with E-state index in [1.165, 1.54) is 0 Å². The van der Waals surface area contributed by atoms with E-state index in [0.29, 0.717) is 18.9 Å². The molecule has 0 aromatic heterocycles. The van der Waals surface area contributed by atoms with E-state index >= 15 is 0 Å². The fourth-order valence-electron chi connectivity index (χ4n) is 1.68. The van der Waals surface area contributed by atoms with E-state index < -0.39 is 35.0 Å². The van der Waals surface area contributed by atoms with Crippen molar-refractivity contribution in [3.05, 3.63) is 34.9 Å². The molecule has 1 nitrogen and oxygen atoms in total. The van der Waals surface area contributed by atoms with Crippen LogP contribution < -0.4 is 0 Å². The Kier molecular flexibility index (Phi) is 2.85. The first-order chi connectivity index (χ1) is 7.82. The van der Waals surface area contributed by atoms with Crippen LogP contribution in [-0.2, 0) is 6.18 Å². The van der Waals surface area contributed by atoms with Crippen LogP contribution in [0.15, 0.2) is 12.1 Å². The second-order valence-corrected chi connectivity index (χ2v) is 4.11. The molecule has 1 N–H and O–H groups in total. The molecule has 94 valence electrons. The molecule has 0 heterocycles. The van der Waals surface area contributed by atoms with Gasteiger partial charge in [-0.3, -0.25) is 0 Å². The first kappa shape index (κ1) is 12.3. The molecule has 1 aromatic rings. The van der Waals surface area contributed by atoms with Crippen LogP contribution in [0.5, 0.6) is 0 Å². The summed E-state index contributed by atoms with van der Waals surface area (Å²) < 4.78 is 63.4. The van der Waals surface area contributed by atoms with Crippen molar-refractivity contribution < 1.29 is 27.1 Å². The van der Waals surface area contributed by atoms with Crippen LogP contribution in [0, 0.1) is 17.6 Å². The summed E-state index contributed by atoms with van der Waals surface area (Å²) >= 11 is 0. The maximum atomic E-state index is 13.4. The summed E-state index contributed by atoms with van der Waals surface area (Å²) in [6, 6.07) is 1.25. The van der Waals surface area contributed by atoms with Crippen molar-refractivity contribution in [2.45, 2.75) is 25.1 Å². The molecule has 0 bridgehead atoms. The van der Waals surface area contributed by atoms with E-state index in [0.717, 1.165) is 6.07 Å². The third kappa shape index (κ3) is 2.26. The standard InChI is InChI=1S/C11H9F5O/c12-8-6(10(17)5-1-2-5)3-4-7(9(8)13)11(14,15)16/h3-5,10,17H,1-2H2. The Morgan fingerprint density at radius 1 is 1.12 bits per heavy atom. The molecule has 1 unspecified atom stereocenters. The Balaban J connectivity index is 2.42. The average Bonchev–Trinajstić information content (AvgIpc) is 3.02. The number of alkyl halides is 3. The second-order valence-electron chi connectivity index (χ2n) is 4.11. The quantitative estimate of drug-likeness (QED) is 0.799. The van der Waals surface area contributed by atoms with E-state index in [4.69, 9.17) is 0 Å². The van der Waals surface area contributed by atoms with Gasteiger partial charge in [0.25, 0.3) is 0 Å². The number of aliphatic hydroxyl groups excluding tert-OH is 1. The van der Waals surface area contributed by atoms with Crippen LogP contribution in [0.1, 0.15) is 30.1 Å². The zero-order valence-electron chi connectivity index (χ0n) is 8.56. The lowest BCUT2D eigenvalue weighted by Gasteiger charge is -2.14. The van der Waals surface area contributed by atoms with Crippen molar-refractivity contribution in [1.82, 2.24) is 0 Å². The number of hydrogen-bond acceptors (Lipinski definition) is 1. The van der Waals surface area contributed by atoms with Crippen LogP contribution in [0.2, 0.25) is 0 Å². The summed E-state index contributed by atoms with van der Waals surface area (Å²) in [5.74, 6) is -3.74. The first-order valence-electron chi connectivity index (χ1n) is 5.05. The Bertz CT molecular complexity index is 436. The highest BCUT2D eigenvalue weighted by Crippen LogP contribution is 2.43. The van der Waals surface area contributed by atoms with Crippen molar-refractivity contribution in [1.29, 1.82) is 0 Å². The highest BCUT2D eigenvalue weighted by molar-refractivity contribution is 5.30. The lowest BCUT2D eigenvalue weighted by atomic mass is 10.0. The number of aliphatic hydroxyl groups is 1. The van der Waals surface area contributed by atoms with Gasteiger partial charge in [-0.15, -0.1) is 0 Å². The predicted octanol–water partition coefficient (Wildman–Crippen LogP) is 3.43. The predicted molar refractivity (Wildman–Crippen MR) is 49.0 cm³/mol. The van der Waals surface area contributed by atoms with Crippen molar-refractivity contribution in [3.63, 3.8) is 0 Å². The van der Waals surface area contributed by atoms with E-state index in [9.17, 15) is 27.1 Å². The fourth-order valence-corrected chi connectivity index (χ4v) is 1.68. The molecule has 1 fully saturated rings. The molecule has 1 aromatic carbocycles. The van der Waals surface area contributed by atoms with E-state index in [-0.39, 0.29) is 5.92 Å². The molecule has 0 radical (unpaired) electrons. The Hall–Kier alpha value is -1.17. The third-order valence-corrected chi connectivity index (χ3v) is 2.80. The highest BCUT2D eigenvalue weighted by Gasteiger charge is 2.38. The summed E-state index contributed by atoms with van der Waals surface area (Å²) in [5, 5.41) is 9.57. The van der Waals surface area contributed by atoms with Crippen molar-refractivity contribution in [2.24, 2.45) is 5.92 Å². The summed E-state index contributed by atoms with van der Waals surface area (Å²) in [5.41, 5.74) is -2.06. The van der Waals surface area contributed by atoms with Gasteiger partial charge in [0.15, 0.2) is 11.6 Å². The molecule has 1 saturated carbocycles. The van der Waals surface area contributed by atoms with Crippen LogP contribution in [0.3, 0.4) is 0 Å². The molecule has 0 spiro atoms. The molecule has 17 heavy (non-hydrogen) atoms. The molecular weight excluding hydrogens is 243 g/mol. The van der Waals surface area contributed by atoms with Crippen molar-refractivity contribution in [3.8, 4) is 0 Å². The van der Waals surface area contributed by atoms with Gasteiger partial charge in [0.05, 0.1) is 11.7 Å². The van der Waals surface area contributed by atoms with Crippen LogP contribution in [0.25, 0.3) is 0 Å². The number of hydrogen-bond donors (Lipinski definition) is 1. The molecular formula is C11H9F5O. The summed E-state index contributed by atoms with van der Waals surface area (Å²) in [7, 11) is 0. The van der Waals surface area contributed by atoms with Gasteiger partial charge < -0.3 is 5.11 Å². The fraction of sp³-hybridized carbons (Fsp3) is 0.455. The van der Waals surface area contributed by atoms with E-state index in [1.54, 1.807) is 0 Å². The molecule has 1 atom stereocenters. The summed E-state index contributed by atoms with van der Waals surface area (Å²) in [4.78, 5) is 0. The third-order valence-electron chi connectivity index (χ3n) is 2.80. The lowest BCUT2D eigenvalue weighted by Crippen LogP contribution is -2.13. The van der Waals surface area contributed by atoms with Gasteiger partial charge in [0.1, 0.15) is 0 Å². The van der Waals surface area contributed by atoms with Gasteiger partial charge in [-0.05, 0) is 24.8 Å². The van der Waals surface area contributed by atoms with Crippen LogP contribution in [-0.4, -0.2) is 5.11 Å². The van der Waals surface area contributed by atoms with Gasteiger partial charge in [-0.1, -0.05) is 6.07 Å². The average molecular weight is 252 g/mol. The number of benzene rings is 1. The largest absolute Gasteiger partial charge is 0.419 e. The minimum atomic E-state index is -4.94.